The number of amides is 2. The molecule has 2 saturated heterocycles. The van der Waals surface area contributed by atoms with Crippen molar-refractivity contribution in [3.8, 4) is 0 Å². The lowest BCUT2D eigenvalue weighted by Crippen LogP contribution is -2.39. The Bertz CT molecular complexity index is 836. The Morgan fingerprint density at radius 2 is 1.86 bits per heavy atom. The van der Waals surface area contributed by atoms with Crippen molar-refractivity contribution in [2.24, 2.45) is 11.8 Å². The number of benzene rings is 1. The van der Waals surface area contributed by atoms with Crippen LogP contribution < -0.4 is 5.32 Å². The van der Waals surface area contributed by atoms with E-state index in [-0.39, 0.29) is 35.1 Å². The Labute approximate surface area is 167 Å². The monoisotopic (exact) mass is 407 g/mol. The van der Waals surface area contributed by atoms with E-state index in [4.69, 9.17) is 0 Å². The highest BCUT2D eigenvalue weighted by atomic mass is 32.2. The highest BCUT2D eigenvalue weighted by Crippen LogP contribution is 2.25. The van der Waals surface area contributed by atoms with Crippen molar-refractivity contribution in [2.45, 2.75) is 51.0 Å². The van der Waals surface area contributed by atoms with Crippen molar-refractivity contribution in [1.82, 2.24) is 9.21 Å². The summed E-state index contributed by atoms with van der Waals surface area (Å²) in [5, 5.41) is 2.80. The van der Waals surface area contributed by atoms with Gasteiger partial charge in [-0.05, 0) is 56.9 Å². The number of sulfonamides is 1. The van der Waals surface area contributed by atoms with Gasteiger partial charge in [-0.15, -0.1) is 0 Å². The summed E-state index contributed by atoms with van der Waals surface area (Å²) in [6.45, 7) is 7.44. The molecule has 0 saturated carbocycles. The summed E-state index contributed by atoms with van der Waals surface area (Å²) >= 11 is 0. The van der Waals surface area contributed by atoms with Crippen LogP contribution in [-0.4, -0.2) is 55.1 Å². The van der Waals surface area contributed by atoms with Crippen molar-refractivity contribution in [2.75, 3.05) is 25.0 Å². The minimum absolute atomic E-state index is 0.00708. The predicted molar refractivity (Wildman–Crippen MR) is 107 cm³/mol. The van der Waals surface area contributed by atoms with Crippen molar-refractivity contribution in [1.29, 1.82) is 0 Å². The van der Waals surface area contributed by atoms with Crippen LogP contribution in [0.4, 0.5) is 5.69 Å². The second kappa shape index (κ2) is 8.21. The summed E-state index contributed by atoms with van der Waals surface area (Å²) in [6, 6.07) is 6.35. The molecule has 0 bridgehead atoms. The van der Waals surface area contributed by atoms with E-state index >= 15 is 0 Å². The molecule has 1 aromatic rings. The van der Waals surface area contributed by atoms with E-state index in [1.165, 1.54) is 12.1 Å². The van der Waals surface area contributed by atoms with Gasteiger partial charge in [-0.3, -0.25) is 9.59 Å². The molecule has 8 heteroatoms. The van der Waals surface area contributed by atoms with E-state index < -0.39 is 10.0 Å². The molecule has 0 radical (unpaired) electrons. The molecule has 2 heterocycles. The maximum Gasteiger partial charge on any atom is 0.243 e. The zero-order chi connectivity index (χ0) is 20.5. The van der Waals surface area contributed by atoms with Gasteiger partial charge < -0.3 is 10.2 Å². The molecule has 2 aliphatic heterocycles. The first-order valence-corrected chi connectivity index (χ1v) is 11.3. The minimum Gasteiger partial charge on any atom is -0.339 e. The summed E-state index contributed by atoms with van der Waals surface area (Å²) in [4.78, 5) is 26.4. The van der Waals surface area contributed by atoms with Crippen LogP contribution in [0, 0.1) is 11.8 Å². The molecule has 2 amide bonds. The predicted octanol–water partition coefficient (Wildman–Crippen LogP) is 2.30. The van der Waals surface area contributed by atoms with Gasteiger partial charge in [0.1, 0.15) is 0 Å². The number of hydrogen-bond acceptors (Lipinski definition) is 4. The molecule has 2 aliphatic rings. The van der Waals surface area contributed by atoms with Gasteiger partial charge in [-0.2, -0.15) is 4.31 Å². The number of hydrogen-bond donors (Lipinski definition) is 1. The fourth-order valence-electron chi connectivity index (χ4n) is 3.87. The first kappa shape index (κ1) is 20.8. The molecule has 0 spiro atoms. The number of likely N-dealkylation sites (tertiary alicyclic amines) is 1. The lowest BCUT2D eigenvalue weighted by atomic mass is 10.0. The summed E-state index contributed by atoms with van der Waals surface area (Å²) in [7, 11) is -3.51. The van der Waals surface area contributed by atoms with Crippen LogP contribution in [0.15, 0.2) is 29.2 Å². The van der Waals surface area contributed by atoms with Crippen molar-refractivity contribution in [3.63, 3.8) is 0 Å². The molecule has 2 fully saturated rings. The van der Waals surface area contributed by atoms with Crippen LogP contribution in [0.25, 0.3) is 0 Å². The molecule has 0 aromatic heterocycles. The second-order valence-corrected chi connectivity index (χ2v) is 10.1. The summed E-state index contributed by atoms with van der Waals surface area (Å²) in [6.07, 6.45) is 2.14. The molecule has 154 valence electrons. The normalized spacial score (nSPS) is 24.0. The van der Waals surface area contributed by atoms with Gasteiger partial charge in [0.05, 0.1) is 10.8 Å². The van der Waals surface area contributed by atoms with Crippen LogP contribution in [0.3, 0.4) is 0 Å². The van der Waals surface area contributed by atoms with Crippen LogP contribution in [0.2, 0.25) is 0 Å². The van der Waals surface area contributed by atoms with Gasteiger partial charge in [0, 0.05) is 37.8 Å². The SMILES string of the molecule is CC(C)N1C[C@H](C(=O)Nc2ccc(S(=O)(=O)N3CCC[C@H](C)C3)cc2)CC1=O. The fraction of sp³-hybridized carbons (Fsp3) is 0.600. The standard InChI is InChI=1S/C20H29N3O4S/c1-14(2)23-13-16(11-19(23)24)20(25)21-17-6-8-18(9-7-17)28(26,27)22-10-4-5-15(3)12-22/h6-9,14-16H,4-5,10-13H2,1-3H3,(H,21,25)/t15-,16+/m0/s1. The van der Waals surface area contributed by atoms with Gasteiger partial charge in [-0.25, -0.2) is 8.42 Å². The number of nitrogens with zero attached hydrogens (tertiary/aromatic N) is 2. The smallest absolute Gasteiger partial charge is 0.243 e. The summed E-state index contributed by atoms with van der Waals surface area (Å²) in [5.41, 5.74) is 0.534. The second-order valence-electron chi connectivity index (χ2n) is 8.16. The molecular formula is C20H29N3O4S. The Morgan fingerprint density at radius 1 is 1.18 bits per heavy atom. The Balaban J connectivity index is 1.64. The molecular weight excluding hydrogens is 378 g/mol. The zero-order valence-corrected chi connectivity index (χ0v) is 17.5. The van der Waals surface area contributed by atoms with Gasteiger partial charge in [0.2, 0.25) is 21.8 Å². The summed E-state index contributed by atoms with van der Waals surface area (Å²) < 4.78 is 27.2. The number of piperidine rings is 1. The average Bonchev–Trinajstić information content (AvgIpc) is 3.04. The zero-order valence-electron chi connectivity index (χ0n) is 16.7. The van der Waals surface area contributed by atoms with Gasteiger partial charge in [-0.1, -0.05) is 6.92 Å². The Kier molecular flexibility index (Phi) is 6.09. The highest BCUT2D eigenvalue weighted by Gasteiger charge is 2.35. The molecule has 0 aliphatic carbocycles. The number of nitrogens with one attached hydrogen (secondary N) is 1. The first-order chi connectivity index (χ1) is 13.2. The van der Waals surface area contributed by atoms with Crippen LogP contribution in [0.5, 0.6) is 0 Å². The molecule has 1 aromatic carbocycles. The van der Waals surface area contributed by atoms with Gasteiger partial charge in [0.25, 0.3) is 0 Å². The van der Waals surface area contributed by atoms with Crippen molar-refractivity contribution in [3.05, 3.63) is 24.3 Å². The number of carbonyl (C=O) groups is 2. The van der Waals surface area contributed by atoms with E-state index in [2.05, 4.69) is 12.2 Å². The molecule has 7 nitrogen and oxygen atoms in total. The Hall–Kier alpha value is -1.93. The van der Waals surface area contributed by atoms with E-state index in [9.17, 15) is 18.0 Å². The third-order valence-corrected chi connectivity index (χ3v) is 7.41. The van der Waals surface area contributed by atoms with Crippen LogP contribution >= 0.6 is 0 Å². The number of anilines is 1. The van der Waals surface area contributed by atoms with Crippen molar-refractivity contribution >= 4 is 27.5 Å². The van der Waals surface area contributed by atoms with Crippen LogP contribution in [0.1, 0.15) is 40.0 Å². The topological polar surface area (TPSA) is 86.8 Å². The van der Waals surface area contributed by atoms with Crippen LogP contribution in [-0.2, 0) is 19.6 Å². The molecule has 1 N–H and O–H groups in total. The quantitative estimate of drug-likeness (QED) is 0.811. The maximum atomic E-state index is 12.8. The lowest BCUT2D eigenvalue weighted by molar-refractivity contribution is -0.129. The first-order valence-electron chi connectivity index (χ1n) is 9.89. The van der Waals surface area contributed by atoms with Gasteiger partial charge >= 0.3 is 0 Å². The van der Waals surface area contributed by atoms with E-state index in [0.717, 1.165) is 12.8 Å². The largest absolute Gasteiger partial charge is 0.339 e. The highest BCUT2D eigenvalue weighted by molar-refractivity contribution is 7.89. The van der Waals surface area contributed by atoms with E-state index in [1.54, 1.807) is 21.3 Å². The molecule has 28 heavy (non-hydrogen) atoms. The van der Waals surface area contributed by atoms with Gasteiger partial charge in [0.15, 0.2) is 0 Å². The summed E-state index contributed by atoms with van der Waals surface area (Å²) in [5.74, 6) is -0.237. The van der Waals surface area contributed by atoms with E-state index in [0.29, 0.717) is 31.2 Å². The molecule has 3 rings (SSSR count). The number of carbonyl (C=O) groups excluding carboxylic acids is 2. The Morgan fingerprint density at radius 3 is 2.43 bits per heavy atom. The third-order valence-electron chi connectivity index (χ3n) is 5.53. The fourth-order valence-corrected chi connectivity index (χ4v) is 5.47. The molecule has 0 unspecified atom stereocenters. The van der Waals surface area contributed by atoms with E-state index in [1.807, 2.05) is 13.8 Å². The average molecular weight is 408 g/mol. The molecule has 2 atom stereocenters. The van der Waals surface area contributed by atoms with Crippen molar-refractivity contribution < 1.29 is 18.0 Å². The maximum absolute atomic E-state index is 12.8. The number of rotatable bonds is 5. The minimum atomic E-state index is -3.51. The lowest BCUT2D eigenvalue weighted by Gasteiger charge is -2.30. The third kappa shape index (κ3) is 4.38.